The van der Waals surface area contributed by atoms with Crippen LogP contribution in [0.3, 0.4) is 0 Å². The second kappa shape index (κ2) is 5.76. The van der Waals surface area contributed by atoms with Gasteiger partial charge in [0.2, 0.25) is 5.82 Å². The summed E-state index contributed by atoms with van der Waals surface area (Å²) in [6.07, 6.45) is 0.403. The SMILES string of the molecule is O=[N+]([O-])c1c(F)cc(F)cc1SCCCO. The van der Waals surface area contributed by atoms with Crippen LogP contribution in [-0.4, -0.2) is 22.4 Å². The van der Waals surface area contributed by atoms with Gasteiger partial charge in [-0.25, -0.2) is 4.39 Å². The quantitative estimate of drug-likeness (QED) is 0.376. The molecule has 0 aromatic heterocycles. The minimum atomic E-state index is -1.18. The Morgan fingerprint density at radius 3 is 2.69 bits per heavy atom. The van der Waals surface area contributed by atoms with Gasteiger partial charge in [-0.1, -0.05) is 0 Å². The zero-order valence-electron chi connectivity index (χ0n) is 8.15. The van der Waals surface area contributed by atoms with Gasteiger partial charge in [-0.15, -0.1) is 11.8 Å². The minimum absolute atomic E-state index is 0.0593. The summed E-state index contributed by atoms with van der Waals surface area (Å²) in [6, 6.07) is 1.40. The number of nitro benzene ring substituents is 1. The smallest absolute Gasteiger partial charge is 0.318 e. The Hall–Kier alpha value is -1.21. The van der Waals surface area contributed by atoms with Crippen molar-refractivity contribution in [3.05, 3.63) is 33.9 Å². The number of aliphatic hydroxyl groups is 1. The largest absolute Gasteiger partial charge is 0.396 e. The second-order valence-electron chi connectivity index (χ2n) is 2.92. The third kappa shape index (κ3) is 3.14. The molecule has 4 nitrogen and oxygen atoms in total. The summed E-state index contributed by atoms with van der Waals surface area (Å²) in [7, 11) is 0. The average Bonchev–Trinajstić information content (AvgIpc) is 2.16. The lowest BCUT2D eigenvalue weighted by molar-refractivity contribution is -0.390. The van der Waals surface area contributed by atoms with Crippen molar-refractivity contribution in [1.82, 2.24) is 0 Å². The Morgan fingerprint density at radius 2 is 2.12 bits per heavy atom. The number of rotatable bonds is 5. The number of benzene rings is 1. The second-order valence-corrected chi connectivity index (χ2v) is 4.05. The highest BCUT2D eigenvalue weighted by molar-refractivity contribution is 7.99. The third-order valence-corrected chi connectivity index (χ3v) is 2.85. The van der Waals surface area contributed by atoms with E-state index in [2.05, 4.69) is 0 Å². The van der Waals surface area contributed by atoms with Crippen LogP contribution in [0.1, 0.15) is 6.42 Å². The van der Waals surface area contributed by atoms with Crippen LogP contribution >= 0.6 is 11.8 Å². The maximum atomic E-state index is 13.1. The van der Waals surface area contributed by atoms with E-state index in [4.69, 9.17) is 5.11 Å². The molecular weight excluding hydrogens is 240 g/mol. The van der Waals surface area contributed by atoms with Crippen molar-refractivity contribution in [2.75, 3.05) is 12.4 Å². The highest BCUT2D eigenvalue weighted by Crippen LogP contribution is 2.32. The summed E-state index contributed by atoms with van der Waals surface area (Å²) in [5.74, 6) is -1.67. The van der Waals surface area contributed by atoms with Gasteiger partial charge in [-0.3, -0.25) is 10.1 Å². The van der Waals surface area contributed by atoms with Gasteiger partial charge >= 0.3 is 5.69 Å². The van der Waals surface area contributed by atoms with Crippen LogP contribution in [0.15, 0.2) is 17.0 Å². The fourth-order valence-electron chi connectivity index (χ4n) is 1.08. The van der Waals surface area contributed by atoms with Crippen LogP contribution in [-0.2, 0) is 0 Å². The Bertz CT molecular complexity index is 401. The van der Waals surface area contributed by atoms with Crippen molar-refractivity contribution in [3.63, 3.8) is 0 Å². The molecule has 1 aromatic carbocycles. The normalized spacial score (nSPS) is 10.4. The molecule has 0 bridgehead atoms. The van der Waals surface area contributed by atoms with Gasteiger partial charge in [0.05, 0.1) is 9.82 Å². The first-order valence-electron chi connectivity index (χ1n) is 4.43. The molecular formula is C9H9F2NO3S. The summed E-state index contributed by atoms with van der Waals surface area (Å²) in [5, 5.41) is 19.1. The number of nitro groups is 1. The highest BCUT2D eigenvalue weighted by Gasteiger charge is 2.21. The topological polar surface area (TPSA) is 63.4 Å². The molecule has 0 radical (unpaired) electrons. The first-order chi connectivity index (χ1) is 7.56. The van der Waals surface area contributed by atoms with Gasteiger partial charge in [0, 0.05) is 18.4 Å². The molecule has 1 rings (SSSR count). The van der Waals surface area contributed by atoms with Crippen molar-refractivity contribution in [2.45, 2.75) is 11.3 Å². The minimum Gasteiger partial charge on any atom is -0.396 e. The molecule has 0 fully saturated rings. The Kier molecular flexibility index (Phi) is 4.63. The Morgan fingerprint density at radius 1 is 1.44 bits per heavy atom. The molecule has 7 heteroatoms. The van der Waals surface area contributed by atoms with Crippen molar-refractivity contribution < 1.29 is 18.8 Å². The van der Waals surface area contributed by atoms with E-state index in [1.165, 1.54) is 0 Å². The van der Waals surface area contributed by atoms with E-state index in [0.717, 1.165) is 17.8 Å². The van der Waals surface area contributed by atoms with Gasteiger partial charge in [0.1, 0.15) is 5.82 Å². The zero-order valence-corrected chi connectivity index (χ0v) is 8.97. The van der Waals surface area contributed by atoms with Crippen molar-refractivity contribution >= 4 is 17.4 Å². The van der Waals surface area contributed by atoms with E-state index in [-0.39, 0.29) is 11.5 Å². The van der Waals surface area contributed by atoms with Gasteiger partial charge in [0.25, 0.3) is 0 Å². The summed E-state index contributed by atoms with van der Waals surface area (Å²) in [4.78, 5) is 9.63. The van der Waals surface area contributed by atoms with Crippen LogP contribution in [0.4, 0.5) is 14.5 Å². The van der Waals surface area contributed by atoms with Crippen LogP contribution in [0, 0.1) is 21.7 Å². The molecule has 1 aromatic rings. The fraction of sp³-hybridized carbons (Fsp3) is 0.333. The van der Waals surface area contributed by atoms with E-state index in [1.807, 2.05) is 0 Å². The van der Waals surface area contributed by atoms with Crippen molar-refractivity contribution in [3.8, 4) is 0 Å². The fourth-order valence-corrected chi connectivity index (χ4v) is 2.07. The third-order valence-electron chi connectivity index (χ3n) is 1.74. The van der Waals surface area contributed by atoms with Crippen molar-refractivity contribution in [1.29, 1.82) is 0 Å². The van der Waals surface area contributed by atoms with E-state index >= 15 is 0 Å². The van der Waals surface area contributed by atoms with E-state index < -0.39 is 22.2 Å². The first-order valence-corrected chi connectivity index (χ1v) is 5.42. The number of hydrogen-bond acceptors (Lipinski definition) is 4. The molecule has 0 heterocycles. The summed E-state index contributed by atoms with van der Waals surface area (Å²) >= 11 is 0.947. The monoisotopic (exact) mass is 249 g/mol. The molecule has 88 valence electrons. The molecule has 0 saturated heterocycles. The Balaban J connectivity index is 2.99. The number of thioether (sulfide) groups is 1. The Labute approximate surface area is 94.4 Å². The molecule has 1 N–H and O–H groups in total. The predicted molar refractivity (Wildman–Crippen MR) is 55.4 cm³/mol. The molecule has 0 atom stereocenters. The van der Waals surface area contributed by atoms with Crippen LogP contribution in [0.2, 0.25) is 0 Å². The van der Waals surface area contributed by atoms with Gasteiger partial charge in [-0.05, 0) is 12.5 Å². The maximum Gasteiger partial charge on any atom is 0.318 e. The predicted octanol–water partition coefficient (Wildman–Crippen LogP) is 2.35. The summed E-state index contributed by atoms with van der Waals surface area (Å²) in [6.45, 7) is -0.0708. The highest BCUT2D eigenvalue weighted by atomic mass is 32.2. The molecule has 0 aliphatic heterocycles. The zero-order chi connectivity index (χ0) is 12.1. The molecule has 0 unspecified atom stereocenters. The summed E-state index contributed by atoms with van der Waals surface area (Å²) < 4.78 is 26.0. The van der Waals surface area contributed by atoms with Gasteiger partial charge in [-0.2, -0.15) is 4.39 Å². The number of aliphatic hydroxyl groups excluding tert-OH is 1. The molecule has 16 heavy (non-hydrogen) atoms. The first kappa shape index (κ1) is 12.9. The lowest BCUT2D eigenvalue weighted by atomic mass is 10.3. The molecule has 0 amide bonds. The van der Waals surface area contributed by atoms with Crippen molar-refractivity contribution in [2.24, 2.45) is 0 Å². The van der Waals surface area contributed by atoms with Crippen LogP contribution in [0.25, 0.3) is 0 Å². The molecule has 0 aliphatic rings. The van der Waals surface area contributed by atoms with Gasteiger partial charge in [0.15, 0.2) is 0 Å². The lowest BCUT2D eigenvalue weighted by Crippen LogP contribution is -1.97. The molecule has 0 aliphatic carbocycles. The van der Waals surface area contributed by atoms with Crippen LogP contribution in [0.5, 0.6) is 0 Å². The average molecular weight is 249 g/mol. The summed E-state index contributed by atoms with van der Waals surface area (Å²) in [5.41, 5.74) is -0.718. The number of halogens is 2. The van der Waals surface area contributed by atoms with E-state index in [1.54, 1.807) is 0 Å². The number of nitrogens with zero attached hydrogens (tertiary/aromatic N) is 1. The van der Waals surface area contributed by atoms with Crippen LogP contribution < -0.4 is 0 Å². The van der Waals surface area contributed by atoms with E-state index in [0.29, 0.717) is 18.2 Å². The van der Waals surface area contributed by atoms with E-state index in [9.17, 15) is 18.9 Å². The maximum absolute atomic E-state index is 13.1. The van der Waals surface area contributed by atoms with Gasteiger partial charge < -0.3 is 5.11 Å². The molecule has 0 spiro atoms. The number of hydrogen-bond donors (Lipinski definition) is 1. The molecule has 0 saturated carbocycles. The lowest BCUT2D eigenvalue weighted by Gasteiger charge is -2.03. The standard InChI is InChI=1S/C9H9F2NO3S/c10-6-4-7(11)9(12(14)15)8(5-6)16-3-1-2-13/h4-5,13H,1-3H2.